The summed E-state index contributed by atoms with van der Waals surface area (Å²) in [7, 11) is 2.46. The van der Waals surface area contributed by atoms with Crippen LogP contribution >= 0.6 is 34.8 Å². The van der Waals surface area contributed by atoms with Crippen molar-refractivity contribution in [2.24, 2.45) is 17.8 Å². The quantitative estimate of drug-likeness (QED) is 0.294. The second-order valence-electron chi connectivity index (χ2n) is 11.1. The van der Waals surface area contributed by atoms with Crippen LogP contribution in [0, 0.1) is 17.8 Å². The van der Waals surface area contributed by atoms with Crippen LogP contribution in [0.25, 0.3) is 0 Å². The number of hydrazine groups is 1. The first-order valence-corrected chi connectivity index (χ1v) is 14.2. The summed E-state index contributed by atoms with van der Waals surface area (Å²) in [6.07, 6.45) is -3.35. The number of aromatic nitrogens is 1. The molecule has 1 aromatic heterocycles. The summed E-state index contributed by atoms with van der Waals surface area (Å²) in [5, 5.41) is 11.6. The molecule has 0 radical (unpaired) electrons. The van der Waals surface area contributed by atoms with E-state index in [1.165, 1.54) is 32.3 Å². The van der Waals surface area contributed by atoms with Crippen LogP contribution < -0.4 is 5.01 Å². The number of pyridine rings is 1. The number of likely N-dealkylation sites (tertiary alicyclic amines) is 1. The van der Waals surface area contributed by atoms with Crippen LogP contribution in [-0.4, -0.2) is 67.5 Å². The number of aromatic hydroxyl groups is 1. The van der Waals surface area contributed by atoms with Crippen molar-refractivity contribution in [2.75, 3.05) is 19.1 Å². The first-order chi connectivity index (χ1) is 20.0. The van der Waals surface area contributed by atoms with Crippen molar-refractivity contribution in [3.05, 3.63) is 64.3 Å². The molecule has 0 bridgehead atoms. The van der Waals surface area contributed by atoms with Crippen LogP contribution in [0.1, 0.15) is 30.0 Å². The average Bonchev–Trinajstić information content (AvgIpc) is 3.27. The Balaban J connectivity index is 1.45. The van der Waals surface area contributed by atoms with Crippen molar-refractivity contribution in [3.63, 3.8) is 0 Å². The Kier molecular flexibility index (Phi) is 6.61. The summed E-state index contributed by atoms with van der Waals surface area (Å²) in [6, 6.07) is 7.60. The molecular formula is C28H22Cl3F3N4O5. The van der Waals surface area contributed by atoms with Gasteiger partial charge in [-0.25, -0.2) is 4.98 Å². The minimum absolute atomic E-state index is 0.0325. The van der Waals surface area contributed by atoms with E-state index in [1.54, 1.807) is 12.1 Å². The second kappa shape index (κ2) is 9.57. The molecular weight excluding hydrogens is 636 g/mol. The number of anilines is 1. The highest BCUT2D eigenvalue weighted by atomic mass is 35.5. The molecule has 0 spiro atoms. The number of fused-ring (bicyclic) bond motifs is 4. The summed E-state index contributed by atoms with van der Waals surface area (Å²) in [5.41, 5.74) is -0.399. The number of carbonyl (C=O) groups excluding carboxylic acids is 4. The third-order valence-corrected chi connectivity index (χ3v) is 10.6. The number of phenols is 1. The van der Waals surface area contributed by atoms with Gasteiger partial charge >= 0.3 is 6.18 Å². The Morgan fingerprint density at radius 3 is 2.40 bits per heavy atom. The van der Waals surface area contributed by atoms with E-state index in [2.05, 4.69) is 4.98 Å². The molecule has 2 aliphatic carbocycles. The fourth-order valence-corrected chi connectivity index (χ4v) is 8.26. The number of imide groups is 2. The van der Waals surface area contributed by atoms with Crippen LogP contribution in [0.2, 0.25) is 5.02 Å². The van der Waals surface area contributed by atoms with E-state index in [4.69, 9.17) is 34.8 Å². The Morgan fingerprint density at radius 1 is 1.05 bits per heavy atom. The summed E-state index contributed by atoms with van der Waals surface area (Å²) < 4.78 is 40.2. The van der Waals surface area contributed by atoms with Crippen molar-refractivity contribution in [1.29, 1.82) is 0 Å². The molecule has 2 aliphatic heterocycles. The van der Waals surface area contributed by atoms with E-state index in [0.717, 1.165) is 16.0 Å². The van der Waals surface area contributed by atoms with Crippen LogP contribution in [0.3, 0.4) is 0 Å². The molecule has 226 valence electrons. The molecule has 1 aromatic carbocycles. The maximum Gasteiger partial charge on any atom is 0.433 e. The van der Waals surface area contributed by atoms with Crippen LogP contribution in [0.5, 0.6) is 5.75 Å². The minimum Gasteiger partial charge on any atom is -0.508 e. The number of hydrogen-bond donors (Lipinski definition) is 1. The molecule has 4 aliphatic rings. The fourth-order valence-electron chi connectivity index (χ4n) is 7.01. The van der Waals surface area contributed by atoms with Gasteiger partial charge in [0.15, 0.2) is 15.6 Å². The molecule has 6 rings (SSSR count). The molecule has 4 amide bonds. The minimum atomic E-state index is -4.81. The third-order valence-electron chi connectivity index (χ3n) is 8.92. The number of amides is 4. The summed E-state index contributed by atoms with van der Waals surface area (Å²) in [6.45, 7) is 0. The van der Waals surface area contributed by atoms with Crippen LogP contribution in [0.15, 0.2) is 48.0 Å². The van der Waals surface area contributed by atoms with Gasteiger partial charge in [-0.1, -0.05) is 35.4 Å². The number of halogens is 6. The summed E-state index contributed by atoms with van der Waals surface area (Å²) >= 11 is 20.3. The monoisotopic (exact) mass is 656 g/mol. The lowest BCUT2D eigenvalue weighted by atomic mass is 9.56. The van der Waals surface area contributed by atoms with Crippen molar-refractivity contribution >= 4 is 64.2 Å². The fraction of sp³-hybridized carbons (Fsp3) is 0.393. The number of hydrogen-bond acceptors (Lipinski definition) is 7. The normalized spacial score (nSPS) is 32.0. The van der Waals surface area contributed by atoms with Gasteiger partial charge in [0.1, 0.15) is 11.4 Å². The van der Waals surface area contributed by atoms with E-state index in [1.807, 2.05) is 0 Å². The molecule has 3 heterocycles. The van der Waals surface area contributed by atoms with Gasteiger partial charge in [0.2, 0.25) is 0 Å². The molecule has 1 saturated carbocycles. The van der Waals surface area contributed by atoms with Crippen molar-refractivity contribution in [2.45, 2.75) is 34.7 Å². The Hall–Kier alpha value is -3.35. The molecule has 3 fully saturated rings. The van der Waals surface area contributed by atoms with Gasteiger partial charge in [0, 0.05) is 20.0 Å². The molecule has 1 N–H and O–H groups in total. The number of benzene rings is 1. The first-order valence-electron chi connectivity index (χ1n) is 13.1. The highest BCUT2D eigenvalue weighted by Crippen LogP contribution is 2.65. The number of alkyl halides is 5. The number of phenolic OH excluding ortho intramolecular Hbond substituents is 1. The Bertz CT molecular complexity index is 1650. The van der Waals surface area contributed by atoms with Crippen molar-refractivity contribution in [3.8, 4) is 5.75 Å². The van der Waals surface area contributed by atoms with Gasteiger partial charge in [-0.15, -0.1) is 23.2 Å². The molecule has 6 atom stereocenters. The number of carbonyl (C=O) groups is 4. The van der Waals surface area contributed by atoms with Gasteiger partial charge in [-0.2, -0.15) is 18.2 Å². The molecule has 0 unspecified atom stereocenters. The van der Waals surface area contributed by atoms with Crippen LogP contribution in [0.4, 0.5) is 19.0 Å². The summed E-state index contributed by atoms with van der Waals surface area (Å²) in [4.78, 5) is 55.2. The van der Waals surface area contributed by atoms with Crippen molar-refractivity contribution < 1.29 is 37.5 Å². The van der Waals surface area contributed by atoms with E-state index in [0.29, 0.717) is 22.2 Å². The maximum atomic E-state index is 14.1. The zero-order valence-electron chi connectivity index (χ0n) is 22.4. The Morgan fingerprint density at radius 2 is 1.74 bits per heavy atom. The molecule has 2 aromatic rings. The van der Waals surface area contributed by atoms with Gasteiger partial charge in [-0.05, 0) is 48.6 Å². The predicted octanol–water partition coefficient (Wildman–Crippen LogP) is 4.50. The third kappa shape index (κ3) is 3.95. The van der Waals surface area contributed by atoms with Gasteiger partial charge in [-0.3, -0.25) is 29.1 Å². The number of nitrogens with zero attached hydrogens (tertiary/aromatic N) is 4. The van der Waals surface area contributed by atoms with E-state index >= 15 is 0 Å². The van der Waals surface area contributed by atoms with E-state index < -0.39 is 74.7 Å². The zero-order valence-corrected chi connectivity index (χ0v) is 24.7. The first kappa shape index (κ1) is 29.7. The van der Waals surface area contributed by atoms with Crippen molar-refractivity contribution in [1.82, 2.24) is 14.9 Å². The molecule has 9 nitrogen and oxygen atoms in total. The molecule has 2 saturated heterocycles. The summed E-state index contributed by atoms with van der Waals surface area (Å²) in [5.74, 6) is -7.54. The van der Waals surface area contributed by atoms with E-state index in [-0.39, 0.29) is 23.6 Å². The number of rotatable bonds is 3. The standard InChI is InChI=1S/C28H22Cl3F3N4O5/c1-36-24(42)26(30)11-16-14(20(27(26,31)25(36)43)12-4-3-5-13(39)10-12)6-7-15-19(16)23(41)38(22(15)40)37(2)21-17(29)8-9-18(35-21)28(32,33)34/h3-6,8-10,15-16,19-20,39H,7,11H2,1-2H3/t15-,16+,19-,20-,26+,27-/m0/s1. The molecule has 43 heavy (non-hydrogen) atoms. The SMILES string of the molecule is CN1C(=O)[C@]2(Cl)C[C@@H]3C(=CC[C@@H]4C(=O)N(N(C)c5nc(C(F)(F)F)ccc5Cl)C(=O)[C@@H]43)[C@H](c3cccc(O)c3)[C@]2(Cl)C1=O. The molecule has 15 heteroatoms. The second-order valence-corrected chi connectivity index (χ2v) is 12.8. The lowest BCUT2D eigenvalue weighted by Crippen LogP contribution is -2.60. The smallest absolute Gasteiger partial charge is 0.433 e. The highest BCUT2D eigenvalue weighted by Gasteiger charge is 2.76. The highest BCUT2D eigenvalue weighted by molar-refractivity contribution is 6.53. The number of allylic oxidation sites excluding steroid dienone is 2. The van der Waals surface area contributed by atoms with Gasteiger partial charge in [0.05, 0.1) is 16.9 Å². The van der Waals surface area contributed by atoms with Gasteiger partial charge < -0.3 is 5.11 Å². The predicted molar refractivity (Wildman–Crippen MR) is 148 cm³/mol. The topological polar surface area (TPSA) is 111 Å². The lowest BCUT2D eigenvalue weighted by molar-refractivity contribution is -0.141. The van der Waals surface area contributed by atoms with Crippen LogP contribution in [-0.2, 0) is 25.4 Å². The lowest BCUT2D eigenvalue weighted by Gasteiger charge is -2.50. The van der Waals surface area contributed by atoms with E-state index in [9.17, 15) is 37.5 Å². The maximum absolute atomic E-state index is 14.1. The largest absolute Gasteiger partial charge is 0.508 e. The Labute approximate surface area is 257 Å². The average molecular weight is 658 g/mol. The van der Waals surface area contributed by atoms with Gasteiger partial charge in [0.25, 0.3) is 23.6 Å². The zero-order chi connectivity index (χ0) is 31.4.